The lowest BCUT2D eigenvalue weighted by atomic mass is 10.2. The zero-order valence-corrected chi connectivity index (χ0v) is 8.68. The first-order valence-corrected chi connectivity index (χ1v) is 4.75. The number of nitrogens with one attached hydrogen (secondary N) is 1. The van der Waals surface area contributed by atoms with Gasteiger partial charge in [0.2, 0.25) is 0 Å². The molecule has 2 rings (SSSR count). The minimum Gasteiger partial charge on any atom is -0.508 e. The van der Waals surface area contributed by atoms with Crippen molar-refractivity contribution in [1.29, 1.82) is 5.41 Å². The van der Waals surface area contributed by atoms with Crippen molar-refractivity contribution in [3.8, 4) is 5.75 Å². The quantitative estimate of drug-likeness (QED) is 0.624. The normalized spacial score (nSPS) is 21.9. The number of anilines is 1. The molecule has 6 heteroatoms. The lowest BCUT2D eigenvalue weighted by Gasteiger charge is -2.03. The maximum Gasteiger partial charge on any atom is 0.190 e. The van der Waals surface area contributed by atoms with Crippen LogP contribution in [0.3, 0.4) is 0 Å². The number of aromatic hydroxyl groups is 1. The van der Waals surface area contributed by atoms with Gasteiger partial charge in [0.1, 0.15) is 17.5 Å². The van der Waals surface area contributed by atoms with Gasteiger partial charge in [0, 0.05) is 6.07 Å². The van der Waals surface area contributed by atoms with Crippen LogP contribution in [0.5, 0.6) is 5.75 Å². The number of hydrogen-bond acceptors (Lipinski definition) is 5. The van der Waals surface area contributed by atoms with Gasteiger partial charge in [-0.1, -0.05) is 0 Å². The number of nitrogens with two attached hydrogens (primary N) is 1. The van der Waals surface area contributed by atoms with E-state index in [1.807, 2.05) is 0 Å². The van der Waals surface area contributed by atoms with Crippen molar-refractivity contribution in [2.75, 3.05) is 5.73 Å². The minimum atomic E-state index is -0.222. The molecule has 1 atom stereocenters. The molecule has 0 saturated heterocycles. The summed E-state index contributed by atoms with van der Waals surface area (Å²) in [5.41, 5.74) is 7.05. The molecule has 1 unspecified atom stereocenters. The molecule has 1 aromatic rings. The van der Waals surface area contributed by atoms with Gasteiger partial charge in [-0.2, -0.15) is 5.11 Å². The van der Waals surface area contributed by atoms with E-state index in [2.05, 4.69) is 15.2 Å². The van der Waals surface area contributed by atoms with Crippen LogP contribution >= 0.6 is 0 Å². The molecule has 1 heterocycles. The number of aliphatic imine (C=N–C) groups is 1. The number of nitrogen functional groups attached to an aromatic ring is 1. The predicted molar refractivity (Wildman–Crippen MR) is 61.7 cm³/mol. The molecule has 82 valence electrons. The molecule has 0 saturated carbocycles. The first-order valence-electron chi connectivity index (χ1n) is 4.75. The molecule has 0 aliphatic carbocycles. The summed E-state index contributed by atoms with van der Waals surface area (Å²) >= 11 is 0. The molecule has 0 fully saturated rings. The summed E-state index contributed by atoms with van der Waals surface area (Å²) in [5, 5.41) is 24.2. The van der Waals surface area contributed by atoms with Crippen LogP contribution in [0.2, 0.25) is 0 Å². The highest BCUT2D eigenvalue weighted by Crippen LogP contribution is 2.27. The molecular formula is C10H11N5O. The smallest absolute Gasteiger partial charge is 0.190 e. The van der Waals surface area contributed by atoms with Crippen molar-refractivity contribution < 1.29 is 5.11 Å². The van der Waals surface area contributed by atoms with E-state index >= 15 is 0 Å². The second-order valence-electron chi connectivity index (χ2n) is 3.48. The monoisotopic (exact) mass is 217 g/mol. The lowest BCUT2D eigenvalue weighted by Crippen LogP contribution is -2.16. The topological polar surface area (TPSA) is 107 Å². The Hall–Kier alpha value is -2.24. The van der Waals surface area contributed by atoms with Gasteiger partial charge in [0.25, 0.3) is 0 Å². The number of phenolic OH excluding ortho intramolecular Hbond substituents is 1. The number of nitrogens with zero attached hydrogens (tertiary/aromatic N) is 3. The molecular weight excluding hydrogens is 206 g/mol. The molecule has 0 spiro atoms. The molecule has 6 nitrogen and oxygen atoms in total. The third-order valence-corrected chi connectivity index (χ3v) is 2.22. The SMILES string of the molecule is CC1N=NC(=N)C1=Nc1ccc(O)cc1N. The Morgan fingerprint density at radius 1 is 1.50 bits per heavy atom. The zero-order chi connectivity index (χ0) is 11.7. The second kappa shape index (κ2) is 3.73. The predicted octanol–water partition coefficient (Wildman–Crippen LogP) is 1.88. The molecule has 0 radical (unpaired) electrons. The number of phenols is 1. The number of amidine groups is 1. The van der Waals surface area contributed by atoms with Crippen LogP contribution in [0, 0.1) is 5.41 Å². The highest BCUT2D eigenvalue weighted by molar-refractivity contribution is 6.44. The van der Waals surface area contributed by atoms with Crippen molar-refractivity contribution in [2.24, 2.45) is 15.2 Å². The Balaban J connectivity index is 2.40. The summed E-state index contributed by atoms with van der Waals surface area (Å²) in [6.45, 7) is 1.81. The first-order chi connectivity index (χ1) is 7.58. The van der Waals surface area contributed by atoms with Crippen LogP contribution in [-0.2, 0) is 0 Å². The van der Waals surface area contributed by atoms with Crippen molar-refractivity contribution in [3.63, 3.8) is 0 Å². The Morgan fingerprint density at radius 2 is 2.25 bits per heavy atom. The largest absolute Gasteiger partial charge is 0.508 e. The second-order valence-corrected chi connectivity index (χ2v) is 3.48. The van der Waals surface area contributed by atoms with E-state index in [1.54, 1.807) is 13.0 Å². The van der Waals surface area contributed by atoms with Crippen molar-refractivity contribution in [1.82, 2.24) is 0 Å². The summed E-state index contributed by atoms with van der Waals surface area (Å²) < 4.78 is 0. The van der Waals surface area contributed by atoms with Crippen LogP contribution in [0.25, 0.3) is 0 Å². The molecule has 16 heavy (non-hydrogen) atoms. The highest BCUT2D eigenvalue weighted by atomic mass is 16.3. The standard InChI is InChI=1S/C10H11N5O/c1-5-9(10(12)15-14-5)13-8-3-2-6(16)4-7(8)11/h2-5,12,16H,11H2,1H3. The molecule has 0 aromatic heterocycles. The van der Waals surface area contributed by atoms with Crippen LogP contribution < -0.4 is 5.73 Å². The summed E-state index contributed by atoms with van der Waals surface area (Å²) in [6, 6.07) is 4.28. The van der Waals surface area contributed by atoms with Gasteiger partial charge >= 0.3 is 0 Å². The van der Waals surface area contributed by atoms with Crippen LogP contribution in [0.15, 0.2) is 33.4 Å². The fourth-order valence-corrected chi connectivity index (χ4v) is 1.37. The van der Waals surface area contributed by atoms with E-state index in [9.17, 15) is 5.11 Å². The van der Waals surface area contributed by atoms with E-state index in [0.717, 1.165) is 0 Å². The minimum absolute atomic E-state index is 0.0555. The average molecular weight is 217 g/mol. The van der Waals surface area contributed by atoms with Gasteiger partial charge in [0.05, 0.1) is 11.4 Å². The first kappa shape index (κ1) is 10.3. The number of rotatable bonds is 1. The Labute approximate surface area is 92.0 Å². The van der Waals surface area contributed by atoms with E-state index in [0.29, 0.717) is 17.1 Å². The molecule has 1 aliphatic rings. The van der Waals surface area contributed by atoms with Crippen LogP contribution in [0.1, 0.15) is 6.92 Å². The maximum absolute atomic E-state index is 9.19. The zero-order valence-electron chi connectivity index (χ0n) is 8.68. The third kappa shape index (κ3) is 1.77. The van der Waals surface area contributed by atoms with E-state index < -0.39 is 0 Å². The Bertz CT molecular complexity index is 506. The summed E-state index contributed by atoms with van der Waals surface area (Å²) in [4.78, 5) is 4.23. The molecule has 0 amide bonds. The van der Waals surface area contributed by atoms with E-state index in [4.69, 9.17) is 11.1 Å². The van der Waals surface area contributed by atoms with Gasteiger partial charge in [-0.15, -0.1) is 5.11 Å². The number of azo groups is 1. The third-order valence-electron chi connectivity index (χ3n) is 2.22. The van der Waals surface area contributed by atoms with E-state index in [1.165, 1.54) is 12.1 Å². The average Bonchev–Trinajstić information content (AvgIpc) is 2.53. The summed E-state index contributed by atoms with van der Waals surface area (Å²) in [5.74, 6) is 0.144. The van der Waals surface area contributed by atoms with Gasteiger partial charge in [-0.05, 0) is 19.1 Å². The summed E-state index contributed by atoms with van der Waals surface area (Å²) in [6.07, 6.45) is 0. The van der Waals surface area contributed by atoms with Crippen molar-refractivity contribution in [3.05, 3.63) is 18.2 Å². The van der Waals surface area contributed by atoms with Crippen LogP contribution in [0.4, 0.5) is 11.4 Å². The number of hydrogen-bond donors (Lipinski definition) is 3. The lowest BCUT2D eigenvalue weighted by molar-refractivity contribution is 0.475. The molecule has 0 bridgehead atoms. The molecule has 1 aromatic carbocycles. The van der Waals surface area contributed by atoms with Crippen LogP contribution in [-0.4, -0.2) is 22.7 Å². The van der Waals surface area contributed by atoms with Gasteiger partial charge in [-0.25, -0.2) is 4.99 Å². The van der Waals surface area contributed by atoms with Crippen molar-refractivity contribution >= 4 is 22.9 Å². The number of benzene rings is 1. The van der Waals surface area contributed by atoms with Gasteiger partial charge in [-0.3, -0.25) is 5.41 Å². The highest BCUT2D eigenvalue weighted by Gasteiger charge is 2.21. The fraction of sp³-hybridized carbons (Fsp3) is 0.200. The van der Waals surface area contributed by atoms with Gasteiger partial charge < -0.3 is 10.8 Å². The Morgan fingerprint density at radius 3 is 2.81 bits per heavy atom. The summed E-state index contributed by atoms with van der Waals surface area (Å²) in [7, 11) is 0. The fourth-order valence-electron chi connectivity index (χ4n) is 1.37. The van der Waals surface area contributed by atoms with Gasteiger partial charge in [0.15, 0.2) is 5.84 Å². The van der Waals surface area contributed by atoms with E-state index in [-0.39, 0.29) is 17.6 Å². The Kier molecular flexibility index (Phi) is 2.40. The molecule has 1 aliphatic heterocycles. The van der Waals surface area contributed by atoms with Crippen molar-refractivity contribution in [2.45, 2.75) is 13.0 Å². The molecule has 4 N–H and O–H groups in total. The maximum atomic E-state index is 9.19.